The summed E-state index contributed by atoms with van der Waals surface area (Å²) in [6, 6.07) is 11.4. The maximum atomic E-state index is 15.4. The predicted molar refractivity (Wildman–Crippen MR) is 177 cm³/mol. The van der Waals surface area contributed by atoms with Crippen molar-refractivity contribution < 1.29 is 43.9 Å². The smallest absolute Gasteiger partial charge is 0.266 e. The van der Waals surface area contributed by atoms with Gasteiger partial charge in [-0.15, -0.1) is 0 Å². The van der Waals surface area contributed by atoms with Gasteiger partial charge in [0.2, 0.25) is 11.6 Å². The van der Waals surface area contributed by atoms with Gasteiger partial charge in [-0.2, -0.15) is 0 Å². The molecule has 16 heteroatoms. The van der Waals surface area contributed by atoms with Gasteiger partial charge in [-0.1, -0.05) is 48.5 Å². The highest BCUT2D eigenvalue weighted by atomic mass is 19.2. The van der Waals surface area contributed by atoms with E-state index in [1.165, 1.54) is 48.5 Å². The molecule has 10 rings (SSSR count). The molecule has 10 aromatic rings. The lowest BCUT2D eigenvalue weighted by Crippen LogP contribution is -2.37. The second-order valence-corrected chi connectivity index (χ2v) is 12.6. The average Bonchev–Trinajstić information content (AvgIpc) is 3.15. The molecule has 0 atom stereocenters. The van der Waals surface area contributed by atoms with Crippen LogP contribution < -0.4 is 22.2 Å². The van der Waals surface area contributed by atoms with E-state index in [1.807, 2.05) is 0 Å². The van der Waals surface area contributed by atoms with Gasteiger partial charge in [0.15, 0.2) is 46.5 Å². The molecule has 2 heterocycles. The first-order valence-corrected chi connectivity index (χ1v) is 15.5. The molecule has 0 aliphatic carbocycles. The van der Waals surface area contributed by atoms with Gasteiger partial charge in [0, 0.05) is 32.3 Å². The van der Waals surface area contributed by atoms with E-state index in [2.05, 4.69) is 0 Å². The van der Waals surface area contributed by atoms with Gasteiger partial charge in [-0.25, -0.2) is 53.0 Å². The molecule has 0 N–H and O–H groups in total. The summed E-state index contributed by atoms with van der Waals surface area (Å²) >= 11 is 0. The molecular weight excluding hydrogens is 738 g/mol. The summed E-state index contributed by atoms with van der Waals surface area (Å²) in [6.07, 6.45) is 0. The Balaban J connectivity index is 1.59. The predicted octanol–water partition coefficient (Wildman–Crippen LogP) is 7.92. The van der Waals surface area contributed by atoms with Crippen LogP contribution in [0.2, 0.25) is 0 Å². The minimum atomic E-state index is -2.57. The molecule has 0 unspecified atom stereocenters. The molecule has 2 aromatic heterocycles. The first kappa shape index (κ1) is 31.9. The van der Waals surface area contributed by atoms with Crippen molar-refractivity contribution in [2.24, 2.45) is 0 Å². The number of hydrogen-bond donors (Lipinski definition) is 0. The average molecular weight is 746 g/mol. The summed E-state index contributed by atoms with van der Waals surface area (Å²) in [7, 11) is 0. The van der Waals surface area contributed by atoms with Crippen LogP contribution >= 0.6 is 0 Å². The SMILES string of the molecule is O=c1c2c3c4ccccc4c3c3c(=O)n(-c4c(F)c(F)c(F)c(F)c4F)c(=O)c4c5c6ccccc6c5c(c(=O)n1-c1c(F)c(F)c(F)c(F)c1F)c2c34. The number of nitrogens with zero attached hydrogens (tertiary/aromatic N) is 2. The third kappa shape index (κ3) is 3.31. The Labute approximate surface area is 287 Å². The normalized spacial score (nSPS) is 12.6. The van der Waals surface area contributed by atoms with Crippen LogP contribution in [0.1, 0.15) is 0 Å². The number of halogens is 10. The Hall–Kier alpha value is -6.84. The topological polar surface area (TPSA) is 78.1 Å². The number of fused-ring (bicyclic) bond motifs is 12. The number of hydrogen-bond acceptors (Lipinski definition) is 4. The molecular formula is C38H8F10N2O4. The first-order chi connectivity index (χ1) is 25.7. The zero-order chi connectivity index (χ0) is 38.1. The van der Waals surface area contributed by atoms with Crippen molar-refractivity contribution in [2.45, 2.75) is 0 Å². The van der Waals surface area contributed by atoms with Crippen LogP contribution in [0.3, 0.4) is 0 Å². The van der Waals surface area contributed by atoms with E-state index in [1.54, 1.807) is 0 Å². The zero-order valence-electron chi connectivity index (χ0n) is 25.9. The molecule has 54 heavy (non-hydrogen) atoms. The second kappa shape index (κ2) is 9.97. The largest absolute Gasteiger partial charge is 0.268 e. The molecule has 0 amide bonds. The molecule has 0 spiro atoms. The van der Waals surface area contributed by atoms with E-state index in [0.29, 0.717) is 0 Å². The molecule has 0 aliphatic heterocycles. The Bertz CT molecular complexity index is 3200. The van der Waals surface area contributed by atoms with Crippen molar-refractivity contribution in [3.8, 4) is 11.4 Å². The van der Waals surface area contributed by atoms with E-state index in [0.717, 1.165) is 0 Å². The van der Waals surface area contributed by atoms with Crippen LogP contribution in [0.15, 0.2) is 67.7 Å². The van der Waals surface area contributed by atoms with Gasteiger partial charge in [0.05, 0.1) is 21.5 Å². The summed E-state index contributed by atoms with van der Waals surface area (Å²) in [4.78, 5) is 58.0. The van der Waals surface area contributed by atoms with Gasteiger partial charge < -0.3 is 0 Å². The number of aromatic nitrogens is 2. The fraction of sp³-hybridized carbons (Fsp3) is 0. The lowest BCUT2D eigenvalue weighted by atomic mass is 9.79. The summed E-state index contributed by atoms with van der Waals surface area (Å²) in [5.41, 5.74) is -10.3. The maximum Gasteiger partial charge on any atom is 0.266 e. The highest BCUT2D eigenvalue weighted by molar-refractivity contribution is 6.51. The molecule has 6 nitrogen and oxygen atoms in total. The third-order valence-corrected chi connectivity index (χ3v) is 10.2. The third-order valence-electron chi connectivity index (χ3n) is 10.2. The van der Waals surface area contributed by atoms with Crippen molar-refractivity contribution in [1.82, 2.24) is 9.13 Å². The number of rotatable bonds is 2. The second-order valence-electron chi connectivity index (χ2n) is 12.6. The lowest BCUT2D eigenvalue weighted by Gasteiger charge is -2.25. The quantitative estimate of drug-likeness (QED) is 0.0780. The standard InChI is InChI=1S/C38H8F10N2O4/c39-23-25(41)29(45)33(30(46)26(23)42)49-35(51)19-13-9-5-1-2-6-10(9)14(13)20-18-17(19)21(37(49)53)15-11-7-3-4-8-12(11)16(15)22(18)38(54)50(36(20)52)34-31(47)27(43)24(40)28(44)32(34)48/h1-8H. The van der Waals surface area contributed by atoms with Gasteiger partial charge in [0.1, 0.15) is 11.4 Å². The summed E-state index contributed by atoms with van der Waals surface area (Å²) in [6.45, 7) is 0. The molecule has 0 bridgehead atoms. The lowest BCUT2D eigenvalue weighted by molar-refractivity contribution is 0.375. The minimum Gasteiger partial charge on any atom is -0.268 e. The van der Waals surface area contributed by atoms with Crippen LogP contribution in [0.25, 0.3) is 86.8 Å². The van der Waals surface area contributed by atoms with Crippen molar-refractivity contribution in [3.63, 3.8) is 0 Å². The Morgan fingerprint density at radius 2 is 0.481 bits per heavy atom. The Morgan fingerprint density at radius 1 is 0.278 bits per heavy atom. The molecule has 0 saturated carbocycles. The highest BCUT2D eigenvalue weighted by Gasteiger charge is 2.37. The first-order valence-electron chi connectivity index (χ1n) is 15.5. The Kier molecular flexibility index (Phi) is 5.88. The summed E-state index contributed by atoms with van der Waals surface area (Å²) in [5, 5.41) is -3.80. The molecule has 0 radical (unpaired) electrons. The number of benzene rings is 6. The van der Waals surface area contributed by atoms with E-state index in [9.17, 15) is 45.5 Å². The van der Waals surface area contributed by atoms with Gasteiger partial charge in [-0.05, 0) is 21.5 Å². The van der Waals surface area contributed by atoms with Crippen molar-refractivity contribution in [2.75, 3.05) is 0 Å². The maximum absolute atomic E-state index is 15.4. The zero-order valence-corrected chi connectivity index (χ0v) is 25.9. The molecule has 0 saturated heterocycles. The van der Waals surface area contributed by atoms with Crippen molar-refractivity contribution in [3.05, 3.63) is 148 Å². The van der Waals surface area contributed by atoms with Crippen molar-refractivity contribution >= 4 is 75.4 Å². The van der Waals surface area contributed by atoms with E-state index in [4.69, 9.17) is 0 Å². The van der Waals surface area contributed by atoms with Crippen LogP contribution in [-0.4, -0.2) is 9.13 Å². The fourth-order valence-electron chi connectivity index (χ4n) is 8.01. The monoisotopic (exact) mass is 746 g/mol. The van der Waals surface area contributed by atoms with Crippen LogP contribution in [-0.2, 0) is 0 Å². The van der Waals surface area contributed by atoms with E-state index in [-0.39, 0.29) is 52.2 Å². The fourth-order valence-corrected chi connectivity index (χ4v) is 8.01. The van der Waals surface area contributed by atoms with Gasteiger partial charge in [0.25, 0.3) is 22.2 Å². The van der Waals surface area contributed by atoms with E-state index >= 15 is 17.6 Å². The Morgan fingerprint density at radius 3 is 0.704 bits per heavy atom. The summed E-state index contributed by atoms with van der Waals surface area (Å²) < 4.78 is 148. The van der Waals surface area contributed by atoms with E-state index < -0.39 is 124 Å². The molecule has 8 aromatic carbocycles. The summed E-state index contributed by atoms with van der Waals surface area (Å²) in [5.74, 6) is -25.1. The molecule has 0 aliphatic rings. The molecule has 264 valence electrons. The van der Waals surface area contributed by atoms with Gasteiger partial charge in [-0.3, -0.25) is 19.2 Å². The van der Waals surface area contributed by atoms with Crippen LogP contribution in [0.5, 0.6) is 0 Å². The van der Waals surface area contributed by atoms with Crippen LogP contribution in [0, 0.1) is 58.2 Å². The van der Waals surface area contributed by atoms with Crippen molar-refractivity contribution in [1.29, 1.82) is 0 Å². The molecule has 0 fully saturated rings. The minimum absolute atomic E-state index is 0.142. The number of pyridine rings is 2. The highest BCUT2D eigenvalue weighted by Crippen LogP contribution is 2.50. The van der Waals surface area contributed by atoms with Crippen LogP contribution in [0.4, 0.5) is 43.9 Å². The van der Waals surface area contributed by atoms with Gasteiger partial charge >= 0.3 is 0 Å².